The van der Waals surface area contributed by atoms with Gasteiger partial charge in [-0.15, -0.1) is 0 Å². The molecule has 0 spiro atoms. The van der Waals surface area contributed by atoms with E-state index in [2.05, 4.69) is 35.3 Å². The highest BCUT2D eigenvalue weighted by atomic mass is 16.6. The van der Waals surface area contributed by atoms with Gasteiger partial charge in [-0.25, -0.2) is 5.43 Å². The molecule has 32 heavy (non-hydrogen) atoms. The number of morpholine rings is 2. The molecule has 0 amide bonds. The minimum absolute atomic E-state index is 0.0551. The Kier molecular flexibility index (Phi) is 7.15. The molecule has 1 N–H and O–H groups in total. The van der Waals surface area contributed by atoms with Gasteiger partial charge in [-0.1, -0.05) is 6.08 Å². The molecule has 0 radical (unpaired) electrons. The second-order valence-corrected chi connectivity index (χ2v) is 7.06. The number of allylic oxidation sites excluding steroid dienone is 1. The smallest absolute Gasteiger partial charge is 0.269 e. The molecular weight excluding hydrogens is 416 g/mol. The molecule has 0 bridgehead atoms. The summed E-state index contributed by atoms with van der Waals surface area (Å²) in [4.78, 5) is 28.1. The first kappa shape index (κ1) is 21.6. The molecule has 0 unspecified atom stereocenters. The summed E-state index contributed by atoms with van der Waals surface area (Å²) in [5.41, 5.74) is 3.75. The van der Waals surface area contributed by atoms with E-state index in [1.54, 1.807) is 30.5 Å². The van der Waals surface area contributed by atoms with Crippen molar-refractivity contribution in [2.45, 2.75) is 0 Å². The van der Waals surface area contributed by atoms with E-state index in [9.17, 15) is 10.1 Å². The monoisotopic (exact) mass is 440 g/mol. The maximum Gasteiger partial charge on any atom is 0.269 e. The van der Waals surface area contributed by atoms with Gasteiger partial charge in [0.05, 0.1) is 31.4 Å². The lowest BCUT2D eigenvalue weighted by atomic mass is 10.2. The van der Waals surface area contributed by atoms with E-state index >= 15 is 0 Å². The number of nitro groups is 1. The van der Waals surface area contributed by atoms with E-state index in [4.69, 9.17) is 9.47 Å². The van der Waals surface area contributed by atoms with Crippen LogP contribution in [0.1, 0.15) is 5.56 Å². The number of nitro benzene ring substituents is 1. The van der Waals surface area contributed by atoms with Crippen LogP contribution >= 0.6 is 0 Å². The van der Waals surface area contributed by atoms with Crippen molar-refractivity contribution < 1.29 is 14.4 Å². The minimum Gasteiger partial charge on any atom is -0.378 e. The van der Waals surface area contributed by atoms with Gasteiger partial charge in [-0.05, 0) is 23.8 Å². The lowest BCUT2D eigenvalue weighted by Crippen LogP contribution is -2.40. The topological polar surface area (TPSA) is 131 Å². The van der Waals surface area contributed by atoms with Crippen molar-refractivity contribution in [2.24, 2.45) is 5.10 Å². The summed E-state index contributed by atoms with van der Waals surface area (Å²) in [6.45, 7) is 5.39. The third-order valence-corrected chi connectivity index (χ3v) is 4.92. The summed E-state index contributed by atoms with van der Waals surface area (Å²) in [5, 5.41) is 14.9. The summed E-state index contributed by atoms with van der Waals surface area (Å²) in [5.74, 6) is 1.52. The maximum absolute atomic E-state index is 10.7. The molecule has 12 nitrogen and oxygen atoms in total. The number of rotatable bonds is 7. The zero-order valence-corrected chi connectivity index (χ0v) is 17.5. The molecule has 1 aromatic heterocycles. The second-order valence-electron chi connectivity index (χ2n) is 7.06. The Labute approximate surface area is 184 Å². The Morgan fingerprint density at radius 1 is 0.938 bits per heavy atom. The van der Waals surface area contributed by atoms with Crippen molar-refractivity contribution in [3.63, 3.8) is 0 Å². The molecule has 3 heterocycles. The molecule has 2 aromatic rings. The quantitative estimate of drug-likeness (QED) is 0.384. The van der Waals surface area contributed by atoms with Gasteiger partial charge in [0.15, 0.2) is 0 Å². The van der Waals surface area contributed by atoms with E-state index in [0.717, 1.165) is 5.56 Å². The first-order valence-corrected chi connectivity index (χ1v) is 10.3. The van der Waals surface area contributed by atoms with Crippen LogP contribution in [-0.4, -0.2) is 78.7 Å². The summed E-state index contributed by atoms with van der Waals surface area (Å²) in [6, 6.07) is 6.26. The lowest BCUT2D eigenvalue weighted by molar-refractivity contribution is -0.384. The first-order chi connectivity index (χ1) is 15.7. The predicted octanol–water partition coefficient (Wildman–Crippen LogP) is 1.56. The number of hydrogen-bond donors (Lipinski definition) is 1. The van der Waals surface area contributed by atoms with Gasteiger partial charge in [0.2, 0.25) is 17.8 Å². The van der Waals surface area contributed by atoms with Crippen LogP contribution in [0, 0.1) is 10.1 Å². The van der Waals surface area contributed by atoms with Gasteiger partial charge in [0.1, 0.15) is 0 Å². The number of benzene rings is 1. The molecule has 0 atom stereocenters. The summed E-state index contributed by atoms with van der Waals surface area (Å²) in [7, 11) is 0. The Hall–Kier alpha value is -3.64. The Morgan fingerprint density at radius 2 is 1.50 bits per heavy atom. The van der Waals surface area contributed by atoms with Crippen LogP contribution in [0.3, 0.4) is 0 Å². The van der Waals surface area contributed by atoms with Crippen LogP contribution < -0.4 is 15.2 Å². The van der Waals surface area contributed by atoms with E-state index in [-0.39, 0.29) is 5.69 Å². The maximum atomic E-state index is 10.7. The molecule has 168 valence electrons. The normalized spacial score (nSPS) is 17.2. The third-order valence-electron chi connectivity index (χ3n) is 4.92. The van der Waals surface area contributed by atoms with Gasteiger partial charge >= 0.3 is 0 Å². The highest BCUT2D eigenvalue weighted by molar-refractivity contribution is 5.78. The molecule has 0 saturated carbocycles. The van der Waals surface area contributed by atoms with Crippen molar-refractivity contribution in [2.75, 3.05) is 67.8 Å². The predicted molar refractivity (Wildman–Crippen MR) is 120 cm³/mol. The number of anilines is 3. The number of hydrogen-bond acceptors (Lipinski definition) is 11. The number of nitrogens with one attached hydrogen (secondary N) is 1. The molecule has 4 rings (SSSR count). The number of aromatic nitrogens is 3. The SMILES string of the molecule is O=[N+]([O-])c1ccc(/C=C/C=N/Nc2nc(N3CCOCC3)nc(N3CCOCC3)n2)cc1. The molecule has 2 fully saturated rings. The van der Waals surface area contributed by atoms with Crippen LogP contribution in [0.25, 0.3) is 6.08 Å². The van der Waals surface area contributed by atoms with Crippen molar-refractivity contribution in [3.8, 4) is 0 Å². The van der Waals surface area contributed by atoms with Crippen molar-refractivity contribution in [1.29, 1.82) is 0 Å². The van der Waals surface area contributed by atoms with Crippen LogP contribution in [0.5, 0.6) is 0 Å². The van der Waals surface area contributed by atoms with Gasteiger partial charge < -0.3 is 19.3 Å². The number of ether oxygens (including phenoxy) is 2. The fourth-order valence-electron chi connectivity index (χ4n) is 3.21. The summed E-state index contributed by atoms with van der Waals surface area (Å²) >= 11 is 0. The largest absolute Gasteiger partial charge is 0.378 e. The van der Waals surface area contributed by atoms with E-state index < -0.39 is 4.92 Å². The molecule has 0 aliphatic carbocycles. The molecule has 2 aliphatic rings. The van der Waals surface area contributed by atoms with Gasteiger partial charge in [-0.2, -0.15) is 20.1 Å². The lowest BCUT2D eigenvalue weighted by Gasteiger charge is -2.30. The van der Waals surface area contributed by atoms with Crippen LogP contribution in [-0.2, 0) is 9.47 Å². The highest BCUT2D eigenvalue weighted by Crippen LogP contribution is 2.18. The molecule has 2 saturated heterocycles. The Balaban J connectivity index is 1.44. The minimum atomic E-state index is -0.427. The van der Waals surface area contributed by atoms with Crippen molar-refractivity contribution in [3.05, 3.63) is 46.0 Å². The molecule has 12 heteroatoms. The standard InChI is InChI=1S/C20H24N8O4/c29-28(30)17-5-3-16(4-6-17)2-1-7-21-25-18-22-19(26-8-12-31-13-9-26)24-20(23-18)27-10-14-32-15-11-27/h1-7H,8-15H2,(H,22,23,24,25)/b2-1+,21-7+. The van der Waals surface area contributed by atoms with Crippen LogP contribution in [0.2, 0.25) is 0 Å². The van der Waals surface area contributed by atoms with Crippen molar-refractivity contribution >= 4 is 35.8 Å². The zero-order valence-electron chi connectivity index (χ0n) is 17.5. The van der Waals surface area contributed by atoms with Crippen molar-refractivity contribution in [1.82, 2.24) is 15.0 Å². The van der Waals surface area contributed by atoms with Gasteiger partial charge in [0.25, 0.3) is 5.69 Å². The average molecular weight is 440 g/mol. The third kappa shape index (κ3) is 5.74. The highest BCUT2D eigenvalue weighted by Gasteiger charge is 2.20. The summed E-state index contributed by atoms with van der Waals surface area (Å²) < 4.78 is 10.8. The molecular formula is C20H24N8O4. The first-order valence-electron chi connectivity index (χ1n) is 10.3. The van der Waals surface area contributed by atoms with E-state index in [1.165, 1.54) is 12.1 Å². The number of hydrazone groups is 1. The van der Waals surface area contributed by atoms with Crippen LogP contribution in [0.4, 0.5) is 23.5 Å². The summed E-state index contributed by atoms with van der Waals surface area (Å²) in [6.07, 6.45) is 5.08. The zero-order chi connectivity index (χ0) is 22.2. The van der Waals surface area contributed by atoms with E-state index in [0.29, 0.717) is 70.5 Å². The molecule has 2 aliphatic heterocycles. The fraction of sp³-hybridized carbons (Fsp3) is 0.400. The van der Waals surface area contributed by atoms with E-state index in [1.807, 2.05) is 0 Å². The van der Waals surface area contributed by atoms with Gasteiger partial charge in [-0.3, -0.25) is 10.1 Å². The average Bonchev–Trinajstić information content (AvgIpc) is 2.85. The van der Waals surface area contributed by atoms with Gasteiger partial charge in [0, 0.05) is 44.5 Å². The number of non-ortho nitro benzene ring substituents is 1. The molecule has 1 aromatic carbocycles. The fourth-order valence-corrected chi connectivity index (χ4v) is 3.21. The number of nitrogens with zero attached hydrogens (tertiary/aromatic N) is 7. The van der Waals surface area contributed by atoms with Crippen LogP contribution in [0.15, 0.2) is 35.4 Å². The second kappa shape index (κ2) is 10.6. The Bertz CT molecular complexity index is 934. The Morgan fingerprint density at radius 3 is 2.03 bits per heavy atom.